The lowest BCUT2D eigenvalue weighted by atomic mass is 10.3. The predicted octanol–water partition coefficient (Wildman–Crippen LogP) is 3.03. The quantitative estimate of drug-likeness (QED) is 0.534. The molecule has 1 amide bonds. The molecular weight excluding hydrogens is 296 g/mol. The number of hydrogen-bond acceptors (Lipinski definition) is 4. The molecule has 0 aliphatic rings. The van der Waals surface area contributed by atoms with Crippen molar-refractivity contribution < 1.29 is 9.72 Å². The molecule has 0 saturated heterocycles. The highest BCUT2D eigenvalue weighted by molar-refractivity contribution is 6.32. The minimum absolute atomic E-state index is 0.129. The minimum atomic E-state index is -0.538. The third-order valence-corrected chi connectivity index (χ3v) is 3.19. The van der Waals surface area contributed by atoms with Crippen LogP contribution in [0.5, 0.6) is 0 Å². The topological polar surface area (TPSA) is 90.1 Å². The van der Waals surface area contributed by atoms with E-state index in [0.717, 1.165) is 5.56 Å². The Morgan fingerprint density at radius 3 is 2.86 bits per heavy atom. The van der Waals surface area contributed by atoms with Crippen LogP contribution in [-0.2, 0) is 6.54 Å². The molecule has 0 aliphatic heterocycles. The Morgan fingerprint density at radius 1 is 1.52 bits per heavy atom. The molecule has 2 heterocycles. The fraction of sp³-hybridized carbons (Fsp3) is 0.231. The Labute approximate surface area is 125 Å². The number of nitro groups is 1. The zero-order chi connectivity index (χ0) is 15.6. The highest BCUT2D eigenvalue weighted by atomic mass is 35.5. The Kier molecular flexibility index (Phi) is 4.23. The lowest BCUT2D eigenvalue weighted by molar-refractivity contribution is -0.384. The Balaban J connectivity index is 2.32. The molecular formula is C13H13ClN4O3. The second-order valence-electron chi connectivity index (χ2n) is 4.43. The first kappa shape index (κ1) is 15.0. The average Bonchev–Trinajstić information content (AvgIpc) is 2.87. The smallest absolute Gasteiger partial charge is 0.287 e. The highest BCUT2D eigenvalue weighted by Gasteiger charge is 2.19. The van der Waals surface area contributed by atoms with Crippen molar-refractivity contribution in [1.82, 2.24) is 9.55 Å². The number of anilines is 1. The maximum Gasteiger partial charge on any atom is 0.287 e. The third kappa shape index (κ3) is 3.19. The molecule has 1 N–H and O–H groups in total. The van der Waals surface area contributed by atoms with Crippen LogP contribution in [0.25, 0.3) is 0 Å². The van der Waals surface area contributed by atoms with Crippen LogP contribution >= 0.6 is 11.6 Å². The summed E-state index contributed by atoms with van der Waals surface area (Å²) >= 11 is 5.92. The standard InChI is InChI=1S/C13H13ClN4O3/c1-3-17-7-9(18(20)21)5-11(17)13(19)16-10-4-8(2)6-15-12(10)14/h4-7H,3H2,1-2H3,(H,16,19). The molecule has 0 saturated carbocycles. The van der Waals surface area contributed by atoms with Gasteiger partial charge in [0.2, 0.25) is 0 Å². The first-order valence-electron chi connectivity index (χ1n) is 6.20. The zero-order valence-electron chi connectivity index (χ0n) is 11.5. The van der Waals surface area contributed by atoms with Gasteiger partial charge in [-0.25, -0.2) is 4.98 Å². The molecule has 110 valence electrons. The van der Waals surface area contributed by atoms with Crippen molar-refractivity contribution >= 4 is 28.9 Å². The number of nitrogens with zero attached hydrogens (tertiary/aromatic N) is 3. The monoisotopic (exact) mass is 308 g/mol. The second-order valence-corrected chi connectivity index (χ2v) is 4.79. The number of rotatable bonds is 4. The van der Waals surface area contributed by atoms with E-state index in [0.29, 0.717) is 12.2 Å². The van der Waals surface area contributed by atoms with E-state index in [1.807, 2.05) is 6.92 Å². The van der Waals surface area contributed by atoms with Crippen LogP contribution in [0.3, 0.4) is 0 Å². The van der Waals surface area contributed by atoms with Crippen molar-refractivity contribution in [2.24, 2.45) is 0 Å². The minimum Gasteiger partial charge on any atom is -0.337 e. The molecule has 0 aliphatic carbocycles. The van der Waals surface area contributed by atoms with Gasteiger partial charge in [-0.2, -0.15) is 0 Å². The molecule has 2 aromatic rings. The Bertz CT molecular complexity index is 711. The lowest BCUT2D eigenvalue weighted by Gasteiger charge is -2.08. The van der Waals surface area contributed by atoms with E-state index in [-0.39, 0.29) is 16.5 Å². The van der Waals surface area contributed by atoms with Gasteiger partial charge in [0, 0.05) is 18.8 Å². The molecule has 0 atom stereocenters. The van der Waals surface area contributed by atoms with Gasteiger partial charge in [-0.1, -0.05) is 11.6 Å². The fourth-order valence-corrected chi connectivity index (χ4v) is 2.02. The summed E-state index contributed by atoms with van der Waals surface area (Å²) in [5.41, 5.74) is 1.27. The van der Waals surface area contributed by atoms with E-state index in [2.05, 4.69) is 10.3 Å². The fourth-order valence-electron chi connectivity index (χ4n) is 1.87. The van der Waals surface area contributed by atoms with E-state index in [1.165, 1.54) is 16.8 Å². The lowest BCUT2D eigenvalue weighted by Crippen LogP contribution is -2.16. The maximum absolute atomic E-state index is 12.3. The summed E-state index contributed by atoms with van der Waals surface area (Å²) in [7, 11) is 0. The summed E-state index contributed by atoms with van der Waals surface area (Å²) in [6.07, 6.45) is 2.91. The van der Waals surface area contributed by atoms with Crippen LogP contribution in [0.4, 0.5) is 11.4 Å². The number of amides is 1. The van der Waals surface area contributed by atoms with Crippen LogP contribution in [0.2, 0.25) is 5.15 Å². The molecule has 0 aromatic carbocycles. The van der Waals surface area contributed by atoms with Crippen LogP contribution in [0.1, 0.15) is 23.0 Å². The van der Waals surface area contributed by atoms with Crippen molar-refractivity contribution in [2.75, 3.05) is 5.32 Å². The van der Waals surface area contributed by atoms with Crippen molar-refractivity contribution in [3.63, 3.8) is 0 Å². The van der Waals surface area contributed by atoms with Crippen molar-refractivity contribution in [3.05, 3.63) is 51.1 Å². The first-order valence-corrected chi connectivity index (χ1v) is 6.58. The Hall–Kier alpha value is -2.41. The van der Waals surface area contributed by atoms with Gasteiger partial charge in [0.25, 0.3) is 11.6 Å². The number of hydrogen-bond donors (Lipinski definition) is 1. The summed E-state index contributed by atoms with van der Waals surface area (Å²) in [6, 6.07) is 2.91. The number of carbonyl (C=O) groups is 1. The molecule has 0 unspecified atom stereocenters. The molecule has 2 rings (SSSR count). The number of pyridine rings is 1. The molecule has 7 nitrogen and oxygen atoms in total. The molecule has 2 aromatic heterocycles. The number of aromatic nitrogens is 2. The van der Waals surface area contributed by atoms with E-state index in [1.54, 1.807) is 19.2 Å². The van der Waals surface area contributed by atoms with Gasteiger partial charge < -0.3 is 9.88 Å². The van der Waals surface area contributed by atoms with Gasteiger partial charge in [-0.05, 0) is 25.5 Å². The van der Waals surface area contributed by atoms with Crippen molar-refractivity contribution in [3.8, 4) is 0 Å². The van der Waals surface area contributed by atoms with Crippen molar-refractivity contribution in [2.45, 2.75) is 20.4 Å². The summed E-state index contributed by atoms with van der Waals surface area (Å²) in [4.78, 5) is 26.4. The molecule has 0 radical (unpaired) electrons. The summed E-state index contributed by atoms with van der Waals surface area (Å²) in [6.45, 7) is 4.05. The van der Waals surface area contributed by atoms with Crippen LogP contribution in [0, 0.1) is 17.0 Å². The van der Waals surface area contributed by atoms with E-state index in [9.17, 15) is 14.9 Å². The normalized spacial score (nSPS) is 10.4. The van der Waals surface area contributed by atoms with Crippen LogP contribution in [-0.4, -0.2) is 20.4 Å². The largest absolute Gasteiger partial charge is 0.337 e. The van der Waals surface area contributed by atoms with E-state index in [4.69, 9.17) is 11.6 Å². The number of halogens is 1. The number of carbonyl (C=O) groups excluding carboxylic acids is 1. The summed E-state index contributed by atoms with van der Waals surface area (Å²) < 4.78 is 1.50. The number of aryl methyl sites for hydroxylation is 2. The maximum atomic E-state index is 12.3. The van der Waals surface area contributed by atoms with Gasteiger partial charge in [0.05, 0.1) is 16.8 Å². The molecule has 0 bridgehead atoms. The molecule has 21 heavy (non-hydrogen) atoms. The molecule has 0 spiro atoms. The first-order chi connectivity index (χ1) is 9.92. The zero-order valence-corrected chi connectivity index (χ0v) is 12.2. The second kappa shape index (κ2) is 5.92. The molecule has 8 heteroatoms. The van der Waals surface area contributed by atoms with Gasteiger partial charge in [-0.3, -0.25) is 14.9 Å². The van der Waals surface area contributed by atoms with Crippen LogP contribution < -0.4 is 5.32 Å². The van der Waals surface area contributed by atoms with Gasteiger partial charge in [0.1, 0.15) is 5.69 Å². The number of nitrogens with one attached hydrogen (secondary N) is 1. The molecule has 0 fully saturated rings. The van der Waals surface area contributed by atoms with Gasteiger partial charge in [0.15, 0.2) is 5.15 Å². The van der Waals surface area contributed by atoms with E-state index >= 15 is 0 Å². The van der Waals surface area contributed by atoms with Gasteiger partial charge >= 0.3 is 0 Å². The predicted molar refractivity (Wildman–Crippen MR) is 78.7 cm³/mol. The van der Waals surface area contributed by atoms with E-state index < -0.39 is 10.8 Å². The highest BCUT2D eigenvalue weighted by Crippen LogP contribution is 2.22. The average molecular weight is 309 g/mol. The summed E-state index contributed by atoms with van der Waals surface area (Å²) in [5, 5.41) is 13.6. The SMILES string of the molecule is CCn1cc([N+](=O)[O-])cc1C(=O)Nc1cc(C)cnc1Cl. The third-order valence-electron chi connectivity index (χ3n) is 2.89. The van der Waals surface area contributed by atoms with Gasteiger partial charge in [-0.15, -0.1) is 0 Å². The van der Waals surface area contributed by atoms with Crippen LogP contribution in [0.15, 0.2) is 24.5 Å². The summed E-state index contributed by atoms with van der Waals surface area (Å²) in [5.74, 6) is -0.473. The van der Waals surface area contributed by atoms with Crippen molar-refractivity contribution in [1.29, 1.82) is 0 Å². The Morgan fingerprint density at radius 2 is 2.24 bits per heavy atom.